The van der Waals surface area contributed by atoms with Crippen LogP contribution >= 0.6 is 0 Å². The Labute approximate surface area is 116 Å². The lowest BCUT2D eigenvalue weighted by Crippen LogP contribution is -3.05. The van der Waals surface area contributed by atoms with Crippen LogP contribution in [0.2, 0.25) is 0 Å². The van der Waals surface area contributed by atoms with Crippen molar-refractivity contribution in [1.29, 1.82) is 0 Å². The van der Waals surface area contributed by atoms with E-state index in [-0.39, 0.29) is 11.4 Å². The maximum Gasteiger partial charge on any atom is 0.338 e. The number of nitrogens with one attached hydrogen (secondary N) is 1. The van der Waals surface area contributed by atoms with Crippen molar-refractivity contribution in [2.75, 3.05) is 27.2 Å². The molecule has 1 aromatic rings. The number of carbonyl (C=O) groups excluding carboxylic acids is 1. The number of quaternary nitrogens is 1. The highest BCUT2D eigenvalue weighted by atomic mass is 16.5. The van der Waals surface area contributed by atoms with E-state index >= 15 is 0 Å². The van der Waals surface area contributed by atoms with Crippen LogP contribution in [0.15, 0.2) is 24.3 Å². The Balaban J connectivity index is 2.49. The predicted molar refractivity (Wildman–Crippen MR) is 77.7 cm³/mol. The fourth-order valence-corrected chi connectivity index (χ4v) is 1.78. The van der Waals surface area contributed by atoms with Crippen LogP contribution in [0, 0.1) is 0 Å². The number of carbonyl (C=O) groups is 1. The molecule has 0 unspecified atom stereocenters. The lowest BCUT2D eigenvalue weighted by atomic mass is 9.87. The third kappa shape index (κ3) is 5.43. The van der Waals surface area contributed by atoms with Gasteiger partial charge in [0.2, 0.25) is 0 Å². The fraction of sp³-hybridized carbons (Fsp3) is 0.562. The highest BCUT2D eigenvalue weighted by Crippen LogP contribution is 2.22. The molecule has 0 aliphatic carbocycles. The van der Waals surface area contributed by atoms with Gasteiger partial charge in [0.25, 0.3) is 0 Å². The van der Waals surface area contributed by atoms with Crippen molar-refractivity contribution >= 4 is 5.97 Å². The molecule has 106 valence electrons. The zero-order valence-corrected chi connectivity index (χ0v) is 12.7. The van der Waals surface area contributed by atoms with Gasteiger partial charge in [-0.1, -0.05) is 32.9 Å². The van der Waals surface area contributed by atoms with Gasteiger partial charge in [0.15, 0.2) is 0 Å². The largest absolute Gasteiger partial charge is 0.462 e. The lowest BCUT2D eigenvalue weighted by Gasteiger charge is -2.18. The molecule has 0 saturated carbocycles. The Morgan fingerprint density at radius 2 is 1.74 bits per heavy atom. The smallest absolute Gasteiger partial charge is 0.338 e. The van der Waals surface area contributed by atoms with E-state index in [1.807, 2.05) is 24.3 Å². The van der Waals surface area contributed by atoms with E-state index in [2.05, 4.69) is 34.9 Å². The Kier molecular flexibility index (Phi) is 5.55. The van der Waals surface area contributed by atoms with Crippen LogP contribution < -0.4 is 4.90 Å². The molecule has 19 heavy (non-hydrogen) atoms. The van der Waals surface area contributed by atoms with Gasteiger partial charge in [-0.25, -0.2) is 4.79 Å². The summed E-state index contributed by atoms with van der Waals surface area (Å²) in [6, 6.07) is 7.70. The van der Waals surface area contributed by atoms with Crippen molar-refractivity contribution in [3.8, 4) is 0 Å². The number of benzene rings is 1. The quantitative estimate of drug-likeness (QED) is 0.648. The maximum absolute atomic E-state index is 11.8. The van der Waals surface area contributed by atoms with Crippen molar-refractivity contribution in [2.45, 2.75) is 32.6 Å². The molecule has 0 amide bonds. The molecular weight excluding hydrogens is 238 g/mol. The highest BCUT2D eigenvalue weighted by Gasteiger charge is 2.14. The number of hydrogen-bond acceptors (Lipinski definition) is 2. The summed E-state index contributed by atoms with van der Waals surface area (Å²) in [7, 11) is 4.18. The van der Waals surface area contributed by atoms with Gasteiger partial charge in [0.1, 0.15) is 0 Å². The molecule has 0 spiro atoms. The Morgan fingerprint density at radius 1 is 1.16 bits per heavy atom. The zero-order chi connectivity index (χ0) is 14.5. The first-order chi connectivity index (χ1) is 8.80. The second-order valence-corrected chi connectivity index (χ2v) is 6.27. The maximum atomic E-state index is 11.8. The van der Waals surface area contributed by atoms with Gasteiger partial charge in [0.05, 0.1) is 32.8 Å². The van der Waals surface area contributed by atoms with Gasteiger partial charge in [-0.3, -0.25) is 0 Å². The Bertz CT molecular complexity index is 402. The van der Waals surface area contributed by atoms with Crippen molar-refractivity contribution < 1.29 is 14.4 Å². The minimum Gasteiger partial charge on any atom is -0.462 e. The van der Waals surface area contributed by atoms with Crippen molar-refractivity contribution in [3.63, 3.8) is 0 Å². The summed E-state index contributed by atoms with van der Waals surface area (Å²) in [4.78, 5) is 13.2. The number of rotatable bonds is 5. The summed E-state index contributed by atoms with van der Waals surface area (Å²) in [5, 5.41) is 0. The van der Waals surface area contributed by atoms with E-state index in [9.17, 15) is 4.79 Å². The Morgan fingerprint density at radius 3 is 2.21 bits per heavy atom. The van der Waals surface area contributed by atoms with Crippen LogP contribution in [-0.2, 0) is 10.2 Å². The lowest BCUT2D eigenvalue weighted by molar-refractivity contribution is -0.858. The van der Waals surface area contributed by atoms with Crippen LogP contribution in [0.3, 0.4) is 0 Å². The summed E-state index contributed by atoms with van der Waals surface area (Å²) in [6.45, 7) is 7.97. The van der Waals surface area contributed by atoms with Crippen LogP contribution in [0.25, 0.3) is 0 Å². The van der Waals surface area contributed by atoms with Gasteiger partial charge in [0, 0.05) is 6.42 Å². The van der Waals surface area contributed by atoms with E-state index in [0.29, 0.717) is 12.2 Å². The van der Waals surface area contributed by atoms with Gasteiger partial charge in [-0.2, -0.15) is 0 Å². The molecule has 1 N–H and O–H groups in total. The third-order valence-corrected chi connectivity index (χ3v) is 3.04. The number of hydrogen-bond donors (Lipinski definition) is 1. The second-order valence-electron chi connectivity index (χ2n) is 6.27. The van der Waals surface area contributed by atoms with Crippen molar-refractivity contribution in [2.24, 2.45) is 0 Å². The average molecular weight is 264 g/mol. The van der Waals surface area contributed by atoms with E-state index in [1.165, 1.54) is 10.5 Å². The van der Waals surface area contributed by atoms with Crippen LogP contribution in [0.1, 0.15) is 43.1 Å². The average Bonchev–Trinajstić information content (AvgIpc) is 2.33. The Hall–Kier alpha value is -1.35. The van der Waals surface area contributed by atoms with Crippen LogP contribution in [0.5, 0.6) is 0 Å². The van der Waals surface area contributed by atoms with Gasteiger partial charge >= 0.3 is 5.97 Å². The monoisotopic (exact) mass is 264 g/mol. The minimum absolute atomic E-state index is 0.108. The molecule has 0 saturated heterocycles. The first-order valence-corrected chi connectivity index (χ1v) is 6.87. The third-order valence-electron chi connectivity index (χ3n) is 3.04. The molecule has 0 fully saturated rings. The minimum atomic E-state index is -0.228. The van der Waals surface area contributed by atoms with Crippen LogP contribution in [-0.4, -0.2) is 33.2 Å². The predicted octanol–water partition coefficient (Wildman–Crippen LogP) is 1.68. The molecule has 1 rings (SSSR count). The molecule has 0 bridgehead atoms. The summed E-state index contributed by atoms with van der Waals surface area (Å²) in [6.07, 6.45) is 0.897. The standard InChI is InChI=1S/C16H25NO2/c1-16(2,3)14-9-7-13(8-10-14)15(18)19-12-6-11-17(4)5/h7-10H,6,11-12H2,1-5H3/p+1. The van der Waals surface area contributed by atoms with E-state index in [1.54, 1.807) is 0 Å². The van der Waals surface area contributed by atoms with E-state index in [4.69, 9.17) is 4.74 Å². The van der Waals surface area contributed by atoms with Crippen LogP contribution in [0.4, 0.5) is 0 Å². The molecular formula is C16H26NO2+. The van der Waals surface area contributed by atoms with E-state index in [0.717, 1.165) is 13.0 Å². The van der Waals surface area contributed by atoms with Gasteiger partial charge < -0.3 is 9.64 Å². The van der Waals surface area contributed by atoms with Crippen molar-refractivity contribution in [3.05, 3.63) is 35.4 Å². The van der Waals surface area contributed by atoms with Crippen molar-refractivity contribution in [1.82, 2.24) is 0 Å². The summed E-state index contributed by atoms with van der Waals surface area (Å²) in [5.41, 5.74) is 1.96. The molecule has 0 aliphatic rings. The summed E-state index contributed by atoms with van der Waals surface area (Å²) < 4.78 is 5.25. The topological polar surface area (TPSA) is 30.7 Å². The van der Waals surface area contributed by atoms with E-state index < -0.39 is 0 Å². The SMILES string of the molecule is C[NH+](C)CCCOC(=O)c1ccc(C(C)(C)C)cc1. The highest BCUT2D eigenvalue weighted by molar-refractivity contribution is 5.89. The first-order valence-electron chi connectivity index (χ1n) is 6.87. The molecule has 0 radical (unpaired) electrons. The molecule has 0 heterocycles. The number of ether oxygens (including phenoxy) is 1. The second kappa shape index (κ2) is 6.71. The van der Waals surface area contributed by atoms with Gasteiger partial charge in [-0.15, -0.1) is 0 Å². The summed E-state index contributed by atoms with van der Waals surface area (Å²) in [5.74, 6) is -0.228. The van der Waals surface area contributed by atoms with Gasteiger partial charge in [-0.05, 0) is 23.1 Å². The number of esters is 1. The molecule has 0 aromatic heterocycles. The molecule has 3 heteroatoms. The molecule has 0 aliphatic heterocycles. The molecule has 3 nitrogen and oxygen atoms in total. The normalized spacial score (nSPS) is 11.7. The first kappa shape index (κ1) is 15.7. The molecule has 0 atom stereocenters. The fourth-order valence-electron chi connectivity index (χ4n) is 1.78. The molecule has 1 aromatic carbocycles. The summed E-state index contributed by atoms with van der Waals surface area (Å²) >= 11 is 0. The zero-order valence-electron chi connectivity index (χ0n) is 12.7.